The maximum atomic E-state index is 6.27. The van der Waals surface area contributed by atoms with Crippen molar-refractivity contribution in [2.24, 2.45) is 0 Å². The van der Waals surface area contributed by atoms with Crippen molar-refractivity contribution < 1.29 is 4.74 Å². The minimum absolute atomic E-state index is 0.530. The van der Waals surface area contributed by atoms with Crippen LogP contribution in [0.4, 0.5) is 5.69 Å². The van der Waals surface area contributed by atoms with E-state index in [1.54, 1.807) is 0 Å². The third kappa shape index (κ3) is 3.31. The van der Waals surface area contributed by atoms with Crippen LogP contribution in [0.15, 0.2) is 84.9 Å². The van der Waals surface area contributed by atoms with Gasteiger partial charge in [-0.15, -0.1) is 0 Å². The van der Waals surface area contributed by atoms with Crippen LogP contribution in [-0.2, 0) is 6.61 Å². The van der Waals surface area contributed by atoms with E-state index in [0.29, 0.717) is 12.3 Å². The highest BCUT2D eigenvalue weighted by Crippen LogP contribution is 2.29. The smallest absolute Gasteiger partial charge is 0.120 e. The van der Waals surface area contributed by atoms with E-state index in [0.717, 1.165) is 33.5 Å². The number of nitrogen functional groups attached to an aromatic ring is 1. The van der Waals surface area contributed by atoms with Crippen LogP contribution in [-0.4, -0.2) is 4.98 Å². The average molecular weight is 326 g/mol. The number of ether oxygens (including phenoxy) is 1. The molecule has 0 radical (unpaired) electrons. The van der Waals surface area contributed by atoms with Gasteiger partial charge in [-0.05, 0) is 29.8 Å². The van der Waals surface area contributed by atoms with Gasteiger partial charge in [0, 0.05) is 16.6 Å². The molecule has 0 spiro atoms. The number of pyridine rings is 1. The van der Waals surface area contributed by atoms with Gasteiger partial charge in [0.15, 0.2) is 0 Å². The standard InChI is InChI=1S/C22H18N2O/c23-20-14-22(17-9-5-2-6-10-17)24-21-12-11-18(13-19(20)21)25-15-16-7-3-1-4-8-16/h1-14H,15H2,(H2,23,24). The molecule has 122 valence electrons. The zero-order chi connectivity index (χ0) is 17.1. The zero-order valence-corrected chi connectivity index (χ0v) is 13.7. The van der Waals surface area contributed by atoms with Crippen LogP contribution >= 0.6 is 0 Å². The highest BCUT2D eigenvalue weighted by atomic mass is 16.5. The van der Waals surface area contributed by atoms with Crippen molar-refractivity contribution in [2.45, 2.75) is 6.61 Å². The van der Waals surface area contributed by atoms with E-state index < -0.39 is 0 Å². The summed E-state index contributed by atoms with van der Waals surface area (Å²) in [5, 5.41) is 0.908. The molecule has 3 aromatic carbocycles. The summed E-state index contributed by atoms with van der Waals surface area (Å²) in [5.74, 6) is 0.789. The fraction of sp³-hybridized carbons (Fsp3) is 0.0455. The Kier molecular flexibility index (Phi) is 4.05. The third-order valence-electron chi connectivity index (χ3n) is 4.13. The van der Waals surface area contributed by atoms with Gasteiger partial charge in [-0.3, -0.25) is 0 Å². The van der Waals surface area contributed by atoms with Gasteiger partial charge in [0.25, 0.3) is 0 Å². The SMILES string of the molecule is Nc1cc(-c2ccccc2)nc2ccc(OCc3ccccc3)cc12. The lowest BCUT2D eigenvalue weighted by atomic mass is 10.1. The minimum Gasteiger partial charge on any atom is -0.489 e. The highest BCUT2D eigenvalue weighted by Gasteiger charge is 2.07. The summed E-state index contributed by atoms with van der Waals surface area (Å²) < 4.78 is 5.89. The van der Waals surface area contributed by atoms with Gasteiger partial charge in [0.05, 0.1) is 11.2 Å². The van der Waals surface area contributed by atoms with Gasteiger partial charge in [-0.25, -0.2) is 4.98 Å². The quantitative estimate of drug-likeness (QED) is 0.570. The maximum Gasteiger partial charge on any atom is 0.120 e. The molecule has 4 rings (SSSR count). The zero-order valence-electron chi connectivity index (χ0n) is 13.7. The Bertz CT molecular complexity index is 998. The molecule has 0 fully saturated rings. The molecule has 3 nitrogen and oxygen atoms in total. The summed E-state index contributed by atoms with van der Waals surface area (Å²) in [6.07, 6.45) is 0. The summed E-state index contributed by atoms with van der Waals surface area (Å²) in [5.41, 5.74) is 10.9. The molecule has 3 heteroatoms. The maximum absolute atomic E-state index is 6.27. The van der Waals surface area contributed by atoms with Crippen molar-refractivity contribution in [3.63, 3.8) is 0 Å². The average Bonchev–Trinajstić information content (AvgIpc) is 2.68. The molecule has 0 unspecified atom stereocenters. The summed E-state index contributed by atoms with van der Waals surface area (Å²) in [6, 6.07) is 27.9. The first-order valence-electron chi connectivity index (χ1n) is 8.22. The van der Waals surface area contributed by atoms with Crippen molar-refractivity contribution in [2.75, 3.05) is 5.73 Å². The molecule has 2 N–H and O–H groups in total. The summed E-state index contributed by atoms with van der Waals surface area (Å²) in [7, 11) is 0. The lowest BCUT2D eigenvalue weighted by Gasteiger charge is -2.10. The molecule has 25 heavy (non-hydrogen) atoms. The summed E-state index contributed by atoms with van der Waals surface area (Å²) in [4.78, 5) is 4.73. The van der Waals surface area contributed by atoms with Crippen molar-refractivity contribution in [1.82, 2.24) is 4.98 Å². The summed E-state index contributed by atoms with van der Waals surface area (Å²) >= 11 is 0. The van der Waals surface area contributed by atoms with E-state index in [1.807, 2.05) is 84.9 Å². The van der Waals surface area contributed by atoms with E-state index in [2.05, 4.69) is 0 Å². The molecule has 0 amide bonds. The predicted molar refractivity (Wildman–Crippen MR) is 102 cm³/mol. The Balaban J connectivity index is 1.64. The Morgan fingerprint density at radius 3 is 2.28 bits per heavy atom. The van der Waals surface area contributed by atoms with Gasteiger partial charge in [-0.1, -0.05) is 60.7 Å². The van der Waals surface area contributed by atoms with Crippen LogP contribution in [0.5, 0.6) is 5.75 Å². The first-order valence-corrected chi connectivity index (χ1v) is 8.22. The first kappa shape index (κ1) is 15.2. The van der Waals surface area contributed by atoms with Crippen LogP contribution < -0.4 is 10.5 Å². The van der Waals surface area contributed by atoms with E-state index in [9.17, 15) is 0 Å². The van der Waals surface area contributed by atoms with E-state index in [4.69, 9.17) is 15.5 Å². The molecule has 0 aliphatic heterocycles. The molecule has 4 aromatic rings. The monoisotopic (exact) mass is 326 g/mol. The highest BCUT2D eigenvalue weighted by molar-refractivity contribution is 5.93. The van der Waals surface area contributed by atoms with Crippen LogP contribution in [0.2, 0.25) is 0 Å². The molecule has 0 saturated heterocycles. The first-order chi connectivity index (χ1) is 12.3. The molecule has 0 aliphatic rings. The van der Waals surface area contributed by atoms with E-state index in [-0.39, 0.29) is 0 Å². The second-order valence-electron chi connectivity index (χ2n) is 5.92. The number of rotatable bonds is 4. The lowest BCUT2D eigenvalue weighted by Crippen LogP contribution is -1.97. The van der Waals surface area contributed by atoms with Crippen molar-refractivity contribution in [1.29, 1.82) is 0 Å². The fourth-order valence-corrected chi connectivity index (χ4v) is 2.82. The normalized spacial score (nSPS) is 10.7. The number of fused-ring (bicyclic) bond motifs is 1. The predicted octanol–water partition coefficient (Wildman–Crippen LogP) is 5.06. The second-order valence-corrected chi connectivity index (χ2v) is 5.92. The molecule has 0 bridgehead atoms. The number of nitrogens with two attached hydrogens (primary N) is 1. The molecule has 0 saturated carbocycles. The van der Waals surface area contributed by atoms with Crippen molar-refractivity contribution >= 4 is 16.6 Å². The van der Waals surface area contributed by atoms with Crippen LogP contribution in [0.25, 0.3) is 22.2 Å². The van der Waals surface area contributed by atoms with Gasteiger partial charge < -0.3 is 10.5 Å². The number of aromatic nitrogens is 1. The largest absolute Gasteiger partial charge is 0.489 e. The van der Waals surface area contributed by atoms with Gasteiger partial charge in [0.2, 0.25) is 0 Å². The van der Waals surface area contributed by atoms with Crippen molar-refractivity contribution in [3.8, 4) is 17.0 Å². The molecular weight excluding hydrogens is 308 g/mol. The number of nitrogens with zero attached hydrogens (tertiary/aromatic N) is 1. The molecule has 0 atom stereocenters. The number of benzene rings is 3. The van der Waals surface area contributed by atoms with Gasteiger partial charge in [0.1, 0.15) is 12.4 Å². The Labute approximate surface area is 146 Å². The van der Waals surface area contributed by atoms with E-state index in [1.165, 1.54) is 0 Å². The summed E-state index contributed by atoms with van der Waals surface area (Å²) in [6.45, 7) is 0.530. The third-order valence-corrected chi connectivity index (χ3v) is 4.13. The molecule has 1 heterocycles. The van der Waals surface area contributed by atoms with E-state index >= 15 is 0 Å². The minimum atomic E-state index is 0.530. The fourth-order valence-electron chi connectivity index (χ4n) is 2.82. The van der Waals surface area contributed by atoms with Crippen LogP contribution in [0.3, 0.4) is 0 Å². The molecular formula is C22H18N2O. The second kappa shape index (κ2) is 6.65. The molecule has 0 aliphatic carbocycles. The van der Waals surface area contributed by atoms with Crippen molar-refractivity contribution in [3.05, 3.63) is 90.5 Å². The topological polar surface area (TPSA) is 48.1 Å². The van der Waals surface area contributed by atoms with Crippen LogP contribution in [0, 0.1) is 0 Å². The Hall–Kier alpha value is -3.33. The number of hydrogen-bond donors (Lipinski definition) is 1. The van der Waals surface area contributed by atoms with Crippen LogP contribution in [0.1, 0.15) is 5.56 Å². The Morgan fingerprint density at radius 1 is 0.800 bits per heavy atom. The number of anilines is 1. The Morgan fingerprint density at radius 2 is 1.52 bits per heavy atom. The van der Waals surface area contributed by atoms with Gasteiger partial charge in [-0.2, -0.15) is 0 Å². The molecule has 1 aromatic heterocycles. The lowest BCUT2D eigenvalue weighted by molar-refractivity contribution is 0.306. The number of hydrogen-bond acceptors (Lipinski definition) is 3. The van der Waals surface area contributed by atoms with Gasteiger partial charge >= 0.3 is 0 Å².